The molecule has 1 atom stereocenters. The molecule has 0 spiro atoms. The van der Waals surface area contributed by atoms with Crippen LogP contribution in [0.25, 0.3) is 0 Å². The van der Waals surface area contributed by atoms with Gasteiger partial charge in [-0.3, -0.25) is 9.89 Å². The molecule has 7 nitrogen and oxygen atoms in total. The first-order chi connectivity index (χ1) is 15.1. The van der Waals surface area contributed by atoms with Gasteiger partial charge in [0.1, 0.15) is 11.5 Å². The monoisotopic (exact) mass is 554 g/mol. The zero-order valence-electron chi connectivity index (χ0n) is 19.4. The lowest BCUT2D eigenvalue weighted by Gasteiger charge is -2.31. The highest BCUT2D eigenvalue weighted by atomic mass is 127. The zero-order chi connectivity index (χ0) is 22.1. The highest BCUT2D eigenvalue weighted by Crippen LogP contribution is 2.24. The first-order valence-electron chi connectivity index (χ1n) is 10.7. The smallest absolute Gasteiger partial charge is 0.191 e. The van der Waals surface area contributed by atoms with Gasteiger partial charge in [-0.1, -0.05) is 24.3 Å². The van der Waals surface area contributed by atoms with Crippen molar-refractivity contribution in [3.63, 3.8) is 0 Å². The first kappa shape index (κ1) is 26.2. The van der Waals surface area contributed by atoms with Crippen molar-refractivity contribution < 1.29 is 14.2 Å². The van der Waals surface area contributed by atoms with Gasteiger partial charge in [0.2, 0.25) is 0 Å². The Morgan fingerprint density at radius 2 is 1.88 bits per heavy atom. The molecule has 0 saturated carbocycles. The van der Waals surface area contributed by atoms with E-state index in [2.05, 4.69) is 51.7 Å². The molecule has 1 aliphatic rings. The molecule has 1 saturated heterocycles. The van der Waals surface area contributed by atoms with Crippen molar-refractivity contribution in [2.24, 2.45) is 4.99 Å². The highest BCUT2D eigenvalue weighted by molar-refractivity contribution is 14.0. The van der Waals surface area contributed by atoms with Gasteiger partial charge in [0.15, 0.2) is 5.96 Å². The Kier molecular flexibility index (Phi) is 11.1. The highest BCUT2D eigenvalue weighted by Gasteiger charge is 2.16. The number of hydrogen-bond acceptors (Lipinski definition) is 5. The molecule has 2 aromatic carbocycles. The largest absolute Gasteiger partial charge is 0.497 e. The predicted molar refractivity (Wildman–Crippen MR) is 139 cm³/mol. The SMILES string of the molecule is CN=C(NCc1cccc(CN2CCOC(C)C2)c1)NCc1ccc(OC)cc1OC.I. The maximum absolute atomic E-state index is 5.64. The molecule has 1 unspecified atom stereocenters. The second-order valence-corrected chi connectivity index (χ2v) is 7.69. The summed E-state index contributed by atoms with van der Waals surface area (Å²) in [6.07, 6.45) is 0.303. The van der Waals surface area contributed by atoms with E-state index in [0.29, 0.717) is 19.2 Å². The number of methoxy groups -OCH3 is 2. The van der Waals surface area contributed by atoms with Crippen LogP contribution < -0.4 is 20.1 Å². The summed E-state index contributed by atoms with van der Waals surface area (Å²) in [7, 11) is 5.08. The van der Waals surface area contributed by atoms with Crippen molar-refractivity contribution in [1.82, 2.24) is 15.5 Å². The van der Waals surface area contributed by atoms with E-state index in [1.165, 1.54) is 11.1 Å². The third-order valence-electron chi connectivity index (χ3n) is 5.35. The van der Waals surface area contributed by atoms with Crippen molar-refractivity contribution in [1.29, 1.82) is 0 Å². The van der Waals surface area contributed by atoms with Crippen LogP contribution in [0.2, 0.25) is 0 Å². The van der Waals surface area contributed by atoms with Crippen LogP contribution in [0, 0.1) is 0 Å². The van der Waals surface area contributed by atoms with Crippen LogP contribution in [0.3, 0.4) is 0 Å². The van der Waals surface area contributed by atoms with Crippen LogP contribution in [0.15, 0.2) is 47.5 Å². The number of aliphatic imine (C=N–C) groups is 1. The van der Waals surface area contributed by atoms with Crippen LogP contribution in [0.5, 0.6) is 11.5 Å². The number of guanidine groups is 1. The second kappa shape index (κ2) is 13.5. The summed E-state index contributed by atoms with van der Waals surface area (Å²) in [4.78, 5) is 6.79. The molecular formula is C24H35IN4O3. The molecule has 32 heavy (non-hydrogen) atoms. The summed E-state index contributed by atoms with van der Waals surface area (Å²) in [5, 5.41) is 6.74. The number of hydrogen-bond donors (Lipinski definition) is 2. The molecule has 176 valence electrons. The minimum absolute atomic E-state index is 0. The first-order valence-corrected chi connectivity index (χ1v) is 10.7. The number of nitrogens with zero attached hydrogens (tertiary/aromatic N) is 2. The fourth-order valence-corrected chi connectivity index (χ4v) is 3.71. The van der Waals surface area contributed by atoms with Gasteiger partial charge in [-0.25, -0.2) is 0 Å². The van der Waals surface area contributed by atoms with Crippen molar-refractivity contribution in [2.45, 2.75) is 32.7 Å². The molecule has 0 radical (unpaired) electrons. The minimum atomic E-state index is 0. The van der Waals surface area contributed by atoms with Gasteiger partial charge in [0.25, 0.3) is 0 Å². The molecule has 0 aliphatic carbocycles. The van der Waals surface area contributed by atoms with Gasteiger partial charge in [-0.05, 0) is 30.2 Å². The standard InChI is InChI=1S/C24H34N4O3.HI/c1-18-16-28(10-11-31-18)17-20-7-5-6-19(12-20)14-26-24(25-2)27-15-21-8-9-22(29-3)13-23(21)30-4;/h5-9,12-13,18H,10-11,14-17H2,1-4H3,(H2,25,26,27);1H. The summed E-state index contributed by atoms with van der Waals surface area (Å²) < 4.78 is 16.4. The summed E-state index contributed by atoms with van der Waals surface area (Å²) in [5.74, 6) is 2.30. The summed E-state index contributed by atoms with van der Waals surface area (Å²) in [5.41, 5.74) is 3.58. The number of rotatable bonds is 8. The van der Waals surface area contributed by atoms with Crippen LogP contribution in [-0.2, 0) is 24.4 Å². The van der Waals surface area contributed by atoms with Crippen molar-refractivity contribution in [2.75, 3.05) is 41.0 Å². The lowest BCUT2D eigenvalue weighted by Crippen LogP contribution is -2.40. The lowest BCUT2D eigenvalue weighted by atomic mass is 10.1. The number of halogens is 1. The Hall–Kier alpha value is -2.04. The molecular weight excluding hydrogens is 519 g/mol. The van der Waals surface area contributed by atoms with Crippen LogP contribution in [0.4, 0.5) is 0 Å². The Morgan fingerprint density at radius 1 is 1.09 bits per heavy atom. The number of nitrogens with one attached hydrogen (secondary N) is 2. The Balaban J connectivity index is 0.00000363. The van der Waals surface area contributed by atoms with Gasteiger partial charge in [0, 0.05) is 51.4 Å². The Morgan fingerprint density at radius 3 is 2.59 bits per heavy atom. The van der Waals surface area contributed by atoms with E-state index in [4.69, 9.17) is 14.2 Å². The van der Waals surface area contributed by atoms with Crippen LogP contribution >= 0.6 is 24.0 Å². The topological polar surface area (TPSA) is 67.4 Å². The number of ether oxygens (including phenoxy) is 3. The van der Waals surface area contributed by atoms with E-state index in [0.717, 1.165) is 49.3 Å². The van der Waals surface area contributed by atoms with Crippen molar-refractivity contribution in [3.8, 4) is 11.5 Å². The van der Waals surface area contributed by atoms with Gasteiger partial charge >= 0.3 is 0 Å². The van der Waals surface area contributed by atoms with E-state index in [1.807, 2.05) is 18.2 Å². The van der Waals surface area contributed by atoms with Gasteiger partial charge < -0.3 is 24.8 Å². The molecule has 1 heterocycles. The normalized spacial score (nSPS) is 16.8. The molecule has 2 N–H and O–H groups in total. The lowest BCUT2D eigenvalue weighted by molar-refractivity contribution is -0.0212. The fraction of sp³-hybridized carbons (Fsp3) is 0.458. The van der Waals surface area contributed by atoms with Gasteiger partial charge in [-0.2, -0.15) is 0 Å². The molecule has 0 amide bonds. The summed E-state index contributed by atoms with van der Waals surface area (Å²) in [6, 6.07) is 14.5. The summed E-state index contributed by atoms with van der Waals surface area (Å²) >= 11 is 0. The third kappa shape index (κ3) is 7.83. The predicted octanol–water partition coefficient (Wildman–Crippen LogP) is 3.41. The maximum atomic E-state index is 5.64. The van der Waals surface area contributed by atoms with E-state index in [1.54, 1.807) is 21.3 Å². The average molecular weight is 554 g/mol. The Labute approximate surface area is 208 Å². The third-order valence-corrected chi connectivity index (χ3v) is 5.35. The van der Waals surface area contributed by atoms with E-state index in [-0.39, 0.29) is 24.0 Å². The minimum Gasteiger partial charge on any atom is -0.497 e. The molecule has 1 fully saturated rings. The molecule has 3 rings (SSSR count). The Bertz CT molecular complexity index is 878. The van der Waals surface area contributed by atoms with E-state index < -0.39 is 0 Å². The molecule has 0 aromatic heterocycles. The van der Waals surface area contributed by atoms with Crippen molar-refractivity contribution >= 4 is 29.9 Å². The summed E-state index contributed by atoms with van der Waals surface area (Å²) in [6.45, 7) is 7.16. The molecule has 1 aliphatic heterocycles. The molecule has 0 bridgehead atoms. The second-order valence-electron chi connectivity index (χ2n) is 7.69. The van der Waals surface area contributed by atoms with E-state index >= 15 is 0 Å². The van der Waals surface area contributed by atoms with Crippen LogP contribution in [-0.4, -0.2) is 57.9 Å². The van der Waals surface area contributed by atoms with Crippen molar-refractivity contribution in [3.05, 3.63) is 59.2 Å². The number of benzene rings is 2. The number of morpholine rings is 1. The van der Waals surface area contributed by atoms with Crippen LogP contribution in [0.1, 0.15) is 23.6 Å². The van der Waals surface area contributed by atoms with E-state index in [9.17, 15) is 0 Å². The zero-order valence-corrected chi connectivity index (χ0v) is 21.7. The quantitative estimate of drug-likeness (QED) is 0.296. The van der Waals surface area contributed by atoms with Gasteiger partial charge in [0.05, 0.1) is 26.9 Å². The fourth-order valence-electron chi connectivity index (χ4n) is 3.71. The molecule has 8 heteroatoms. The maximum Gasteiger partial charge on any atom is 0.191 e. The van der Waals surface area contributed by atoms with Gasteiger partial charge in [-0.15, -0.1) is 24.0 Å². The molecule has 2 aromatic rings. The average Bonchev–Trinajstić information content (AvgIpc) is 2.79.